The Morgan fingerprint density at radius 1 is 1.54 bits per heavy atom. The lowest BCUT2D eigenvalue weighted by atomic mass is 10.1. The molecule has 0 aromatic carbocycles. The van der Waals surface area contributed by atoms with Crippen molar-refractivity contribution in [2.75, 3.05) is 7.11 Å². The lowest BCUT2D eigenvalue weighted by molar-refractivity contribution is -0.135. The molecular weight excluding hydrogens is 232 g/mol. The first-order valence-corrected chi connectivity index (χ1v) is 4.61. The summed E-state index contributed by atoms with van der Waals surface area (Å²) in [5, 5.41) is 0. The minimum absolute atomic E-state index is 0.369. The minimum atomic E-state index is -0.369. The van der Waals surface area contributed by atoms with Gasteiger partial charge in [-0.05, 0) is 19.4 Å². The third-order valence-electron chi connectivity index (χ3n) is 1.63. The number of hydrogen-bond acceptors (Lipinski definition) is 2. The maximum Gasteiger partial charge on any atom is 0.338 e. The molecule has 0 aromatic heterocycles. The summed E-state index contributed by atoms with van der Waals surface area (Å²) in [7, 11) is 1.35. The lowest BCUT2D eigenvalue weighted by Gasteiger charge is -2.05. The largest absolute Gasteiger partial charge is 0.465 e. The van der Waals surface area contributed by atoms with E-state index in [1.165, 1.54) is 13.2 Å². The average molecular weight is 245 g/mol. The van der Waals surface area contributed by atoms with Crippen LogP contribution >= 0.6 is 15.9 Å². The molecule has 0 spiro atoms. The predicted octanol–water partition coefficient (Wildman–Crippen LogP) is 2.96. The summed E-state index contributed by atoms with van der Waals surface area (Å²) in [4.78, 5) is 11.2. The summed E-state index contributed by atoms with van der Waals surface area (Å²) in [6.07, 6.45) is 3.35. The topological polar surface area (TPSA) is 26.3 Å². The van der Waals surface area contributed by atoms with Gasteiger partial charge < -0.3 is 4.74 Å². The fourth-order valence-electron chi connectivity index (χ4n) is 0.845. The molecule has 0 unspecified atom stereocenters. The third kappa shape index (κ3) is 3.19. The van der Waals surface area contributed by atoms with Crippen LogP contribution in [-0.4, -0.2) is 13.1 Å². The summed E-state index contributed by atoms with van der Waals surface area (Å²) in [5.74, 6) is -0.369. The van der Waals surface area contributed by atoms with Crippen LogP contribution in [0, 0.1) is 0 Å². The molecule has 0 fully saturated rings. The van der Waals surface area contributed by atoms with E-state index in [4.69, 9.17) is 0 Å². The average Bonchev–Trinajstić information content (AvgIpc) is 2.17. The molecule has 0 saturated carbocycles. The molecule has 0 heterocycles. The molecule has 72 valence electrons. The Kier molecular flexibility index (Phi) is 5.39. The maximum atomic E-state index is 11.2. The first-order valence-electron chi connectivity index (χ1n) is 3.82. The Labute approximate surface area is 87.1 Å². The number of halogens is 1. The molecule has 2 nitrogen and oxygen atoms in total. The first kappa shape index (κ1) is 12.2. The molecule has 3 heteroatoms. The highest BCUT2D eigenvalue weighted by molar-refractivity contribution is 9.12. The Morgan fingerprint density at radius 3 is 2.38 bits per heavy atom. The van der Waals surface area contributed by atoms with Crippen LogP contribution in [0.3, 0.4) is 0 Å². The van der Waals surface area contributed by atoms with Crippen molar-refractivity contribution in [2.24, 2.45) is 0 Å². The quantitative estimate of drug-likeness (QED) is 0.434. The molecule has 0 aliphatic carbocycles. The van der Waals surface area contributed by atoms with Gasteiger partial charge in [-0.3, -0.25) is 0 Å². The summed E-state index contributed by atoms with van der Waals surface area (Å²) < 4.78 is 5.47. The molecule has 0 aromatic rings. The minimum Gasteiger partial charge on any atom is -0.465 e. The summed E-state index contributed by atoms with van der Waals surface area (Å²) >= 11 is 3.33. The van der Waals surface area contributed by atoms with Gasteiger partial charge in [0.2, 0.25) is 0 Å². The van der Waals surface area contributed by atoms with Gasteiger partial charge in [-0.2, -0.15) is 0 Å². The molecule has 0 aliphatic rings. The zero-order chi connectivity index (χ0) is 10.4. The van der Waals surface area contributed by atoms with Crippen molar-refractivity contribution in [3.05, 3.63) is 34.4 Å². The Bertz CT molecular complexity index is 275. The number of hydrogen-bond donors (Lipinski definition) is 0. The molecule has 0 N–H and O–H groups in total. The second kappa shape index (κ2) is 5.75. The van der Waals surface area contributed by atoms with Gasteiger partial charge in [0.15, 0.2) is 0 Å². The van der Waals surface area contributed by atoms with Crippen molar-refractivity contribution in [1.82, 2.24) is 0 Å². The summed E-state index contributed by atoms with van der Waals surface area (Å²) in [5.41, 5.74) is 1.30. The number of carbonyl (C=O) groups is 1. The molecule has 0 atom stereocenters. The predicted molar refractivity (Wildman–Crippen MR) is 57.6 cm³/mol. The van der Waals surface area contributed by atoms with E-state index in [2.05, 4.69) is 27.2 Å². The number of ether oxygens (including phenoxy) is 1. The van der Waals surface area contributed by atoms with E-state index in [0.717, 1.165) is 10.1 Å². The van der Waals surface area contributed by atoms with Crippen LogP contribution < -0.4 is 0 Å². The van der Waals surface area contributed by atoms with Crippen LogP contribution in [0.25, 0.3) is 0 Å². The molecule has 0 bridgehead atoms. The Balaban J connectivity index is 5.13. The van der Waals surface area contributed by atoms with Gasteiger partial charge in [-0.15, -0.1) is 0 Å². The molecular formula is C10H13BrO2. The number of methoxy groups -OCH3 is 1. The van der Waals surface area contributed by atoms with Crippen molar-refractivity contribution in [3.63, 3.8) is 0 Å². The van der Waals surface area contributed by atoms with Crippen molar-refractivity contribution in [2.45, 2.75) is 13.8 Å². The van der Waals surface area contributed by atoms with Crippen LogP contribution in [0.2, 0.25) is 0 Å². The highest BCUT2D eigenvalue weighted by atomic mass is 79.9. The van der Waals surface area contributed by atoms with Crippen LogP contribution in [0.1, 0.15) is 13.8 Å². The van der Waals surface area contributed by atoms with Gasteiger partial charge >= 0.3 is 5.97 Å². The van der Waals surface area contributed by atoms with E-state index in [0.29, 0.717) is 5.57 Å². The van der Waals surface area contributed by atoms with E-state index in [1.807, 2.05) is 19.9 Å². The van der Waals surface area contributed by atoms with E-state index in [1.54, 1.807) is 0 Å². The Hall–Kier alpha value is -0.830. The zero-order valence-electron chi connectivity index (χ0n) is 8.06. The number of allylic oxidation sites excluding steroid dienone is 3. The number of carbonyl (C=O) groups excluding carboxylic acids is 1. The molecule has 0 saturated heterocycles. The van der Waals surface area contributed by atoms with Crippen molar-refractivity contribution in [3.8, 4) is 0 Å². The maximum absolute atomic E-state index is 11.2. The van der Waals surface area contributed by atoms with Gasteiger partial charge in [0.25, 0.3) is 0 Å². The summed E-state index contributed by atoms with van der Waals surface area (Å²) in [6.45, 7) is 7.27. The zero-order valence-corrected chi connectivity index (χ0v) is 9.64. The van der Waals surface area contributed by atoms with Crippen LogP contribution in [0.15, 0.2) is 34.4 Å². The van der Waals surface area contributed by atoms with E-state index in [-0.39, 0.29) is 5.97 Å². The highest BCUT2D eigenvalue weighted by Gasteiger charge is 2.10. The first-order chi connectivity index (χ1) is 6.08. The normalized spacial score (nSPS) is 13.4. The second-order valence-corrected chi connectivity index (χ2v) is 3.23. The molecule has 0 radical (unpaired) electrons. The second-order valence-electron chi connectivity index (χ2n) is 2.37. The van der Waals surface area contributed by atoms with Crippen molar-refractivity contribution < 1.29 is 9.53 Å². The van der Waals surface area contributed by atoms with E-state index < -0.39 is 0 Å². The van der Waals surface area contributed by atoms with Crippen molar-refractivity contribution in [1.29, 1.82) is 0 Å². The smallest absolute Gasteiger partial charge is 0.338 e. The molecule has 0 amide bonds. The highest BCUT2D eigenvalue weighted by Crippen LogP contribution is 2.21. The Morgan fingerprint density at radius 2 is 2.08 bits per heavy atom. The standard InChI is InChI=1S/C10H13BrO2/c1-5-8(10(12)13-4)7(3)9(11)6-2/h5-6H,1H2,2-4H3/b8-7+,9-6+. The lowest BCUT2D eigenvalue weighted by Crippen LogP contribution is -2.04. The van der Waals surface area contributed by atoms with Crippen molar-refractivity contribution >= 4 is 21.9 Å². The monoisotopic (exact) mass is 244 g/mol. The van der Waals surface area contributed by atoms with Crippen LogP contribution in [-0.2, 0) is 9.53 Å². The van der Waals surface area contributed by atoms with E-state index >= 15 is 0 Å². The molecule has 0 rings (SSSR count). The SMILES string of the molecule is C=C/C(C(=O)OC)=C(C)\C(Br)=C/C. The van der Waals surface area contributed by atoms with Gasteiger partial charge in [-0.1, -0.05) is 34.7 Å². The molecule has 0 aliphatic heterocycles. The van der Waals surface area contributed by atoms with Crippen LogP contribution in [0.4, 0.5) is 0 Å². The van der Waals surface area contributed by atoms with Gasteiger partial charge in [0.05, 0.1) is 12.7 Å². The third-order valence-corrected chi connectivity index (χ3v) is 2.68. The number of rotatable bonds is 3. The summed E-state index contributed by atoms with van der Waals surface area (Å²) in [6, 6.07) is 0. The van der Waals surface area contributed by atoms with E-state index in [9.17, 15) is 4.79 Å². The van der Waals surface area contributed by atoms with Gasteiger partial charge in [0, 0.05) is 4.48 Å². The van der Waals surface area contributed by atoms with Gasteiger partial charge in [0.1, 0.15) is 0 Å². The van der Waals surface area contributed by atoms with Crippen LogP contribution in [0.5, 0.6) is 0 Å². The fourth-order valence-corrected chi connectivity index (χ4v) is 1.06. The number of esters is 1. The fraction of sp³-hybridized carbons (Fsp3) is 0.300. The van der Waals surface area contributed by atoms with Gasteiger partial charge in [-0.25, -0.2) is 4.79 Å². The molecule has 13 heavy (non-hydrogen) atoms.